The van der Waals surface area contributed by atoms with Gasteiger partial charge in [-0.05, 0) is 45.8 Å². The van der Waals surface area contributed by atoms with Crippen molar-refractivity contribution < 1.29 is 4.39 Å². The molecule has 1 N–H and O–H groups in total. The van der Waals surface area contributed by atoms with Crippen molar-refractivity contribution >= 4 is 33.2 Å². The van der Waals surface area contributed by atoms with Crippen LogP contribution in [0, 0.1) is 17.1 Å². The summed E-state index contributed by atoms with van der Waals surface area (Å²) in [4.78, 5) is 0. The first-order valence-corrected chi connectivity index (χ1v) is 6.64. The van der Waals surface area contributed by atoms with E-state index in [0.717, 1.165) is 0 Å². The molecular weight excluding hydrogens is 331 g/mol. The topological polar surface area (TPSA) is 35.8 Å². The van der Waals surface area contributed by atoms with E-state index >= 15 is 0 Å². The van der Waals surface area contributed by atoms with Crippen molar-refractivity contribution in [2.45, 2.75) is 6.04 Å². The molecule has 0 aliphatic rings. The van der Waals surface area contributed by atoms with E-state index in [9.17, 15) is 9.65 Å². The largest absolute Gasteiger partial charge is 0.365 e. The lowest BCUT2D eigenvalue weighted by atomic mass is 10.1. The van der Waals surface area contributed by atoms with Crippen LogP contribution in [0.15, 0.2) is 46.9 Å². The quantitative estimate of drug-likeness (QED) is 0.861. The molecule has 0 aliphatic heterocycles. The molecule has 0 amide bonds. The molecule has 96 valence electrons. The number of rotatable bonds is 3. The lowest BCUT2D eigenvalue weighted by molar-refractivity contribution is 0.618. The predicted octanol–water partition coefficient (Wildman–Crippen LogP) is 4.92. The number of hydrogen-bond donors (Lipinski definition) is 1. The lowest BCUT2D eigenvalue weighted by Gasteiger charge is -2.14. The fraction of sp³-hybridized carbons (Fsp3) is 0.0714. The number of anilines is 1. The second kappa shape index (κ2) is 6.05. The van der Waals surface area contributed by atoms with Crippen molar-refractivity contribution in [3.05, 3.63) is 63.3 Å². The van der Waals surface area contributed by atoms with Crippen molar-refractivity contribution in [2.75, 3.05) is 5.32 Å². The summed E-state index contributed by atoms with van der Waals surface area (Å²) in [5, 5.41) is 12.7. The lowest BCUT2D eigenvalue weighted by Crippen LogP contribution is -2.09. The number of nitrogens with one attached hydrogen (secondary N) is 1. The van der Waals surface area contributed by atoms with E-state index in [1.54, 1.807) is 30.3 Å². The Hall–Kier alpha value is -1.57. The molecular formula is C14H9BrClFN2. The SMILES string of the molecule is N#CC(Nc1ccccc1Cl)c1ccc(Br)c(F)c1. The number of para-hydroxylation sites is 1. The van der Waals surface area contributed by atoms with Gasteiger partial charge >= 0.3 is 0 Å². The predicted molar refractivity (Wildman–Crippen MR) is 77.5 cm³/mol. The first-order chi connectivity index (χ1) is 9.11. The molecule has 1 unspecified atom stereocenters. The summed E-state index contributed by atoms with van der Waals surface area (Å²) in [6, 6.07) is 13.1. The number of benzene rings is 2. The van der Waals surface area contributed by atoms with Gasteiger partial charge in [-0.15, -0.1) is 0 Å². The van der Waals surface area contributed by atoms with E-state index in [0.29, 0.717) is 20.7 Å². The zero-order chi connectivity index (χ0) is 13.8. The molecule has 2 aromatic rings. The highest BCUT2D eigenvalue weighted by Crippen LogP contribution is 2.27. The van der Waals surface area contributed by atoms with Crippen molar-refractivity contribution in [1.29, 1.82) is 5.26 Å². The van der Waals surface area contributed by atoms with Gasteiger partial charge in [0.1, 0.15) is 11.9 Å². The standard InChI is InChI=1S/C14H9BrClFN2/c15-10-6-5-9(7-12(10)17)14(8-18)19-13-4-2-1-3-11(13)16/h1-7,14,19H. The third-order valence-corrected chi connectivity index (χ3v) is 3.55. The highest BCUT2D eigenvalue weighted by atomic mass is 79.9. The van der Waals surface area contributed by atoms with Crippen LogP contribution < -0.4 is 5.32 Å². The average molecular weight is 340 g/mol. The van der Waals surface area contributed by atoms with Gasteiger partial charge in [0.05, 0.1) is 21.3 Å². The summed E-state index contributed by atoms with van der Waals surface area (Å²) in [5.74, 6) is -0.404. The molecule has 0 radical (unpaired) electrons. The van der Waals surface area contributed by atoms with E-state index in [4.69, 9.17) is 11.6 Å². The van der Waals surface area contributed by atoms with Crippen molar-refractivity contribution in [3.8, 4) is 6.07 Å². The minimum atomic E-state index is -0.664. The summed E-state index contributed by atoms with van der Waals surface area (Å²) in [6.07, 6.45) is 0. The smallest absolute Gasteiger partial charge is 0.140 e. The van der Waals surface area contributed by atoms with E-state index in [1.165, 1.54) is 6.07 Å². The summed E-state index contributed by atoms with van der Waals surface area (Å²) in [6.45, 7) is 0. The first kappa shape index (κ1) is 13.9. The van der Waals surface area contributed by atoms with Crippen LogP contribution in [-0.4, -0.2) is 0 Å². The molecule has 0 aromatic heterocycles. The minimum Gasteiger partial charge on any atom is -0.365 e. The van der Waals surface area contributed by atoms with Gasteiger partial charge in [0.15, 0.2) is 0 Å². The Bertz CT molecular complexity index is 640. The van der Waals surface area contributed by atoms with Crippen LogP contribution in [0.3, 0.4) is 0 Å². The molecule has 2 aromatic carbocycles. The normalized spacial score (nSPS) is 11.7. The zero-order valence-electron chi connectivity index (χ0n) is 9.70. The molecule has 0 fully saturated rings. The van der Waals surface area contributed by atoms with Gasteiger partial charge in [-0.25, -0.2) is 4.39 Å². The number of nitriles is 1. The fourth-order valence-electron chi connectivity index (χ4n) is 1.62. The second-order valence-corrected chi connectivity index (χ2v) is 5.12. The van der Waals surface area contributed by atoms with E-state index in [1.807, 2.05) is 6.07 Å². The zero-order valence-corrected chi connectivity index (χ0v) is 12.0. The molecule has 0 saturated carbocycles. The Morgan fingerprint density at radius 3 is 2.63 bits per heavy atom. The molecule has 0 saturated heterocycles. The van der Waals surface area contributed by atoms with Gasteiger partial charge in [0.25, 0.3) is 0 Å². The number of halogens is 3. The summed E-state index contributed by atoms with van der Waals surface area (Å²) < 4.78 is 13.9. The molecule has 1 atom stereocenters. The highest BCUT2D eigenvalue weighted by molar-refractivity contribution is 9.10. The van der Waals surface area contributed by atoms with Crippen LogP contribution in [-0.2, 0) is 0 Å². The third-order valence-electron chi connectivity index (χ3n) is 2.58. The molecule has 0 spiro atoms. The monoisotopic (exact) mass is 338 g/mol. The Balaban J connectivity index is 2.28. The van der Waals surface area contributed by atoms with Gasteiger partial charge in [-0.2, -0.15) is 5.26 Å². The van der Waals surface area contributed by atoms with Gasteiger partial charge in [0, 0.05) is 0 Å². The Kier molecular flexibility index (Phi) is 4.41. The van der Waals surface area contributed by atoms with Crippen LogP contribution >= 0.6 is 27.5 Å². The average Bonchev–Trinajstić information content (AvgIpc) is 2.41. The van der Waals surface area contributed by atoms with Crippen LogP contribution in [0.5, 0.6) is 0 Å². The third kappa shape index (κ3) is 3.25. The highest BCUT2D eigenvalue weighted by Gasteiger charge is 2.13. The fourth-order valence-corrected chi connectivity index (χ4v) is 2.05. The number of hydrogen-bond acceptors (Lipinski definition) is 2. The summed E-state index contributed by atoms with van der Waals surface area (Å²) in [7, 11) is 0. The van der Waals surface area contributed by atoms with E-state index in [2.05, 4.69) is 27.3 Å². The van der Waals surface area contributed by atoms with Crippen LogP contribution in [0.1, 0.15) is 11.6 Å². The van der Waals surface area contributed by atoms with Gasteiger partial charge in [0.2, 0.25) is 0 Å². The van der Waals surface area contributed by atoms with Crippen molar-refractivity contribution in [1.82, 2.24) is 0 Å². The Morgan fingerprint density at radius 1 is 1.26 bits per heavy atom. The van der Waals surface area contributed by atoms with E-state index in [-0.39, 0.29) is 0 Å². The summed E-state index contributed by atoms with van der Waals surface area (Å²) >= 11 is 9.10. The molecule has 19 heavy (non-hydrogen) atoms. The van der Waals surface area contributed by atoms with Crippen LogP contribution in [0.2, 0.25) is 5.02 Å². The molecule has 0 heterocycles. The maximum Gasteiger partial charge on any atom is 0.140 e. The Labute approximate surface area is 123 Å². The van der Waals surface area contributed by atoms with Crippen LogP contribution in [0.4, 0.5) is 10.1 Å². The minimum absolute atomic E-state index is 0.366. The van der Waals surface area contributed by atoms with Gasteiger partial charge in [-0.1, -0.05) is 29.8 Å². The van der Waals surface area contributed by atoms with Gasteiger partial charge < -0.3 is 5.32 Å². The maximum atomic E-state index is 13.5. The first-order valence-electron chi connectivity index (χ1n) is 5.47. The van der Waals surface area contributed by atoms with Crippen LogP contribution in [0.25, 0.3) is 0 Å². The summed E-state index contributed by atoms with van der Waals surface area (Å²) in [5.41, 5.74) is 1.18. The second-order valence-electron chi connectivity index (χ2n) is 3.86. The van der Waals surface area contributed by atoms with Crippen molar-refractivity contribution in [3.63, 3.8) is 0 Å². The van der Waals surface area contributed by atoms with E-state index < -0.39 is 11.9 Å². The molecule has 0 aliphatic carbocycles. The molecule has 5 heteroatoms. The van der Waals surface area contributed by atoms with Crippen molar-refractivity contribution in [2.24, 2.45) is 0 Å². The van der Waals surface area contributed by atoms with Gasteiger partial charge in [-0.3, -0.25) is 0 Å². The number of nitrogens with zero attached hydrogens (tertiary/aromatic N) is 1. The molecule has 0 bridgehead atoms. The molecule has 2 rings (SSSR count). The maximum absolute atomic E-state index is 13.5. The Morgan fingerprint density at radius 2 is 2.00 bits per heavy atom. The molecule has 2 nitrogen and oxygen atoms in total.